The summed E-state index contributed by atoms with van der Waals surface area (Å²) in [6.45, 7) is 1.91. The summed E-state index contributed by atoms with van der Waals surface area (Å²) >= 11 is 0. The van der Waals surface area contributed by atoms with Crippen LogP contribution in [0.3, 0.4) is 0 Å². The Bertz CT molecular complexity index is 520. The Labute approximate surface area is 98.5 Å². The SMILES string of the molecule is COc1ccc(C=C2NC(=O)NC2=O)c(C)c1. The molecule has 1 fully saturated rings. The summed E-state index contributed by atoms with van der Waals surface area (Å²) in [5.41, 5.74) is 2.08. The number of benzene rings is 1. The van der Waals surface area contributed by atoms with Gasteiger partial charge in [0.2, 0.25) is 0 Å². The standard InChI is InChI=1S/C12H12N2O3/c1-7-5-9(17-2)4-3-8(7)6-10-11(15)14-12(16)13-10/h3-6H,1-2H3,(H2,13,14,15,16). The molecule has 88 valence electrons. The molecule has 0 radical (unpaired) electrons. The minimum atomic E-state index is -0.493. The van der Waals surface area contributed by atoms with Gasteiger partial charge in [-0.3, -0.25) is 10.1 Å². The van der Waals surface area contributed by atoms with Crippen molar-refractivity contribution >= 4 is 18.0 Å². The number of hydrogen-bond donors (Lipinski definition) is 2. The molecule has 3 amide bonds. The van der Waals surface area contributed by atoms with Gasteiger partial charge in [-0.05, 0) is 36.3 Å². The topological polar surface area (TPSA) is 67.4 Å². The molecule has 1 aromatic rings. The number of imide groups is 1. The van der Waals surface area contributed by atoms with E-state index >= 15 is 0 Å². The molecule has 2 N–H and O–H groups in total. The van der Waals surface area contributed by atoms with Gasteiger partial charge in [0.15, 0.2) is 0 Å². The summed E-state index contributed by atoms with van der Waals surface area (Å²) in [6.07, 6.45) is 1.63. The molecule has 0 aromatic heterocycles. The predicted octanol–water partition coefficient (Wildman–Crippen LogP) is 1.18. The normalized spacial score (nSPS) is 16.9. The molecule has 17 heavy (non-hydrogen) atoms. The van der Waals surface area contributed by atoms with Gasteiger partial charge >= 0.3 is 6.03 Å². The lowest BCUT2D eigenvalue weighted by molar-refractivity contribution is -0.115. The van der Waals surface area contributed by atoms with Crippen LogP contribution in [0.4, 0.5) is 4.79 Å². The second kappa shape index (κ2) is 4.29. The summed E-state index contributed by atoms with van der Waals surface area (Å²) in [6, 6.07) is 5.00. The molecule has 0 spiro atoms. The summed E-state index contributed by atoms with van der Waals surface area (Å²) < 4.78 is 5.09. The lowest BCUT2D eigenvalue weighted by atomic mass is 10.1. The highest BCUT2D eigenvalue weighted by molar-refractivity contribution is 6.14. The van der Waals surface area contributed by atoms with E-state index in [1.165, 1.54) is 0 Å². The van der Waals surface area contributed by atoms with Gasteiger partial charge in [-0.2, -0.15) is 0 Å². The number of aryl methyl sites for hydroxylation is 1. The van der Waals surface area contributed by atoms with Crippen LogP contribution in [-0.4, -0.2) is 19.0 Å². The van der Waals surface area contributed by atoms with E-state index in [4.69, 9.17) is 4.74 Å². The zero-order valence-corrected chi connectivity index (χ0v) is 9.53. The number of methoxy groups -OCH3 is 1. The first-order valence-electron chi connectivity index (χ1n) is 5.09. The third-order valence-electron chi connectivity index (χ3n) is 2.50. The second-order valence-electron chi connectivity index (χ2n) is 3.69. The fourth-order valence-electron chi connectivity index (χ4n) is 1.58. The summed E-state index contributed by atoms with van der Waals surface area (Å²) in [4.78, 5) is 22.3. The van der Waals surface area contributed by atoms with Gasteiger partial charge in [0, 0.05) is 0 Å². The molecule has 1 saturated heterocycles. The molecule has 0 atom stereocenters. The maximum Gasteiger partial charge on any atom is 0.326 e. The number of carbonyl (C=O) groups is 2. The number of amides is 3. The van der Waals surface area contributed by atoms with Crippen LogP contribution in [0.1, 0.15) is 11.1 Å². The zero-order valence-electron chi connectivity index (χ0n) is 9.53. The number of rotatable bonds is 2. The van der Waals surface area contributed by atoms with Crippen molar-refractivity contribution in [3.8, 4) is 5.75 Å². The van der Waals surface area contributed by atoms with E-state index in [1.807, 2.05) is 19.1 Å². The maximum atomic E-state index is 11.3. The molecule has 1 aliphatic rings. The summed E-state index contributed by atoms with van der Waals surface area (Å²) in [7, 11) is 1.59. The highest BCUT2D eigenvalue weighted by Gasteiger charge is 2.22. The highest BCUT2D eigenvalue weighted by atomic mass is 16.5. The lowest BCUT2D eigenvalue weighted by Gasteiger charge is -2.04. The fraction of sp³-hybridized carbons (Fsp3) is 0.167. The van der Waals surface area contributed by atoms with Crippen LogP contribution >= 0.6 is 0 Å². The molecule has 5 heteroatoms. The third-order valence-corrected chi connectivity index (χ3v) is 2.50. The van der Waals surface area contributed by atoms with Crippen LogP contribution in [0.5, 0.6) is 5.75 Å². The molecule has 5 nitrogen and oxygen atoms in total. The first-order valence-corrected chi connectivity index (χ1v) is 5.09. The zero-order chi connectivity index (χ0) is 12.4. The van der Waals surface area contributed by atoms with E-state index < -0.39 is 11.9 Å². The average Bonchev–Trinajstić information content (AvgIpc) is 2.60. The third kappa shape index (κ3) is 2.28. The van der Waals surface area contributed by atoms with Crippen molar-refractivity contribution in [3.05, 3.63) is 35.0 Å². The van der Waals surface area contributed by atoms with Gasteiger partial charge in [0.05, 0.1) is 7.11 Å². The Balaban J connectivity index is 2.33. The molecule has 0 unspecified atom stereocenters. The van der Waals surface area contributed by atoms with Gasteiger partial charge in [-0.1, -0.05) is 6.07 Å². The van der Waals surface area contributed by atoms with E-state index in [0.29, 0.717) is 0 Å². The molecule has 1 heterocycles. The van der Waals surface area contributed by atoms with E-state index in [1.54, 1.807) is 19.3 Å². The molecule has 2 rings (SSSR count). The van der Waals surface area contributed by atoms with Crippen LogP contribution < -0.4 is 15.4 Å². The minimum absolute atomic E-state index is 0.253. The van der Waals surface area contributed by atoms with E-state index in [0.717, 1.165) is 16.9 Å². The quantitative estimate of drug-likeness (QED) is 0.594. The maximum absolute atomic E-state index is 11.3. The number of ether oxygens (including phenoxy) is 1. The average molecular weight is 232 g/mol. The Morgan fingerprint density at radius 1 is 1.24 bits per heavy atom. The molecule has 1 aromatic carbocycles. The number of carbonyl (C=O) groups excluding carboxylic acids is 2. The molecule has 1 aliphatic heterocycles. The Kier molecular flexibility index (Phi) is 2.82. The predicted molar refractivity (Wildman–Crippen MR) is 62.4 cm³/mol. The van der Waals surface area contributed by atoms with Crippen LogP contribution in [0, 0.1) is 6.92 Å². The first-order chi connectivity index (χ1) is 8.10. The fourth-order valence-corrected chi connectivity index (χ4v) is 1.58. The van der Waals surface area contributed by atoms with E-state index in [9.17, 15) is 9.59 Å². The van der Waals surface area contributed by atoms with Crippen LogP contribution in [-0.2, 0) is 4.79 Å². The van der Waals surface area contributed by atoms with Crippen LogP contribution in [0.25, 0.3) is 6.08 Å². The minimum Gasteiger partial charge on any atom is -0.497 e. The van der Waals surface area contributed by atoms with Gasteiger partial charge in [-0.15, -0.1) is 0 Å². The lowest BCUT2D eigenvalue weighted by Crippen LogP contribution is -2.22. The van der Waals surface area contributed by atoms with Crippen molar-refractivity contribution < 1.29 is 14.3 Å². The summed E-state index contributed by atoms with van der Waals surface area (Å²) in [5, 5.41) is 4.59. The van der Waals surface area contributed by atoms with E-state index in [-0.39, 0.29) is 5.70 Å². The molecule has 0 bridgehead atoms. The largest absolute Gasteiger partial charge is 0.497 e. The monoisotopic (exact) mass is 232 g/mol. The van der Waals surface area contributed by atoms with Gasteiger partial charge in [0.25, 0.3) is 5.91 Å². The Morgan fingerprint density at radius 2 is 2.00 bits per heavy atom. The van der Waals surface area contributed by atoms with E-state index in [2.05, 4.69) is 10.6 Å². The van der Waals surface area contributed by atoms with Crippen molar-refractivity contribution in [3.63, 3.8) is 0 Å². The molecule has 0 aliphatic carbocycles. The number of nitrogens with one attached hydrogen (secondary N) is 2. The molecular weight excluding hydrogens is 220 g/mol. The highest BCUT2D eigenvalue weighted by Crippen LogP contribution is 2.19. The molecular formula is C12H12N2O3. The van der Waals surface area contributed by atoms with Crippen molar-refractivity contribution in [2.24, 2.45) is 0 Å². The van der Waals surface area contributed by atoms with Crippen molar-refractivity contribution in [1.82, 2.24) is 10.6 Å². The second-order valence-corrected chi connectivity index (χ2v) is 3.69. The van der Waals surface area contributed by atoms with Crippen LogP contribution in [0.15, 0.2) is 23.9 Å². The smallest absolute Gasteiger partial charge is 0.326 e. The molecule has 0 saturated carbocycles. The van der Waals surface area contributed by atoms with Crippen molar-refractivity contribution in [2.45, 2.75) is 6.92 Å². The number of hydrogen-bond acceptors (Lipinski definition) is 3. The summed E-state index contributed by atoms with van der Waals surface area (Å²) in [5.74, 6) is 0.342. The van der Waals surface area contributed by atoms with Gasteiger partial charge < -0.3 is 10.1 Å². The van der Waals surface area contributed by atoms with Gasteiger partial charge in [0.1, 0.15) is 11.4 Å². The number of urea groups is 1. The van der Waals surface area contributed by atoms with Crippen molar-refractivity contribution in [2.75, 3.05) is 7.11 Å². The first kappa shape index (κ1) is 11.2. The van der Waals surface area contributed by atoms with Crippen LogP contribution in [0.2, 0.25) is 0 Å². The Morgan fingerprint density at radius 3 is 2.53 bits per heavy atom. The Hall–Kier alpha value is -2.30. The van der Waals surface area contributed by atoms with Crippen molar-refractivity contribution in [1.29, 1.82) is 0 Å². The van der Waals surface area contributed by atoms with Gasteiger partial charge in [-0.25, -0.2) is 4.79 Å².